The molecule has 47 heavy (non-hydrogen) atoms. The number of esters is 1. The zero-order valence-corrected chi connectivity index (χ0v) is 27.1. The molecule has 3 saturated heterocycles. The summed E-state index contributed by atoms with van der Waals surface area (Å²) in [6.45, 7) is 7.76. The van der Waals surface area contributed by atoms with Crippen LogP contribution in [0, 0.1) is 11.8 Å². The maximum Gasteiger partial charge on any atom is 0.306 e. The minimum absolute atomic E-state index is 0.0504. The summed E-state index contributed by atoms with van der Waals surface area (Å²) < 4.78 is 12.1. The Hall–Kier alpha value is -3.99. The molecular formula is C36H42ClN3O7. The van der Waals surface area contributed by atoms with Crippen LogP contribution in [0.4, 0.5) is 5.69 Å². The minimum atomic E-state index is -1.20. The number of rotatable bonds is 16. The summed E-state index contributed by atoms with van der Waals surface area (Å²) >= 11 is 6.13. The third kappa shape index (κ3) is 7.00. The number of benzene rings is 2. The lowest BCUT2D eigenvalue weighted by Gasteiger charge is -2.37. The predicted octanol–water partition coefficient (Wildman–Crippen LogP) is 4.37. The van der Waals surface area contributed by atoms with E-state index in [4.69, 9.17) is 21.1 Å². The summed E-state index contributed by atoms with van der Waals surface area (Å²) in [6.07, 6.45) is 5.22. The molecule has 3 amide bonds. The number of fused-ring (bicyclic) bond motifs is 1. The van der Waals surface area contributed by atoms with Crippen LogP contribution in [0.1, 0.15) is 50.1 Å². The molecule has 2 aromatic carbocycles. The van der Waals surface area contributed by atoms with E-state index in [2.05, 4.69) is 18.5 Å². The molecule has 11 heteroatoms. The molecule has 5 rings (SSSR count). The van der Waals surface area contributed by atoms with Gasteiger partial charge in [0.15, 0.2) is 0 Å². The second kappa shape index (κ2) is 15.3. The largest absolute Gasteiger partial charge is 0.463 e. The Morgan fingerprint density at radius 2 is 1.87 bits per heavy atom. The summed E-state index contributed by atoms with van der Waals surface area (Å²) in [6, 6.07) is 14.4. The van der Waals surface area contributed by atoms with Crippen molar-refractivity contribution in [3.63, 3.8) is 0 Å². The number of allylic oxidation sites excluding steroid dienone is 1. The molecule has 2 bridgehead atoms. The number of carbonyl (C=O) groups is 4. The normalized spacial score (nSPS) is 24.8. The van der Waals surface area contributed by atoms with Gasteiger partial charge in [0.2, 0.25) is 11.8 Å². The van der Waals surface area contributed by atoms with E-state index in [-0.39, 0.29) is 44.5 Å². The molecule has 0 aliphatic carbocycles. The molecule has 10 nitrogen and oxygen atoms in total. The number of hydrogen-bond donors (Lipinski definition) is 2. The first-order valence-corrected chi connectivity index (χ1v) is 16.5. The third-order valence-electron chi connectivity index (χ3n) is 9.34. The molecule has 3 aliphatic heterocycles. The van der Waals surface area contributed by atoms with Crippen molar-refractivity contribution in [2.24, 2.45) is 11.8 Å². The molecular weight excluding hydrogens is 622 g/mol. The molecule has 2 aromatic rings. The van der Waals surface area contributed by atoms with E-state index >= 15 is 0 Å². The minimum Gasteiger partial charge on any atom is -0.463 e. The predicted molar refractivity (Wildman–Crippen MR) is 177 cm³/mol. The molecule has 250 valence electrons. The van der Waals surface area contributed by atoms with E-state index in [1.165, 1.54) is 0 Å². The van der Waals surface area contributed by atoms with E-state index in [0.717, 1.165) is 5.56 Å². The monoisotopic (exact) mass is 663 g/mol. The zero-order chi connectivity index (χ0) is 33.6. The number of nitrogens with zero attached hydrogens (tertiary/aromatic N) is 2. The second-order valence-corrected chi connectivity index (χ2v) is 12.7. The standard InChI is InChI=1S/C36H42ClN3O7/c1-3-5-13-29(42)46-23-27(24-11-7-6-8-12-24)38-33(43)30-28-18-19-36(47-28)31(30)34(44)40(21-9-10-22-41)32(36)35(45)39(20-4-2)26-16-14-25(37)15-17-26/h3-4,6-8,11-12,14-17,27-28,30-32,41H,1-2,5,9-10,13,18-23H2,(H,38,43)/t27-,28+,30-,31-,32+,36-/m1/s1. The van der Waals surface area contributed by atoms with Crippen molar-refractivity contribution in [3.8, 4) is 0 Å². The average Bonchev–Trinajstić information content (AvgIpc) is 3.72. The number of ether oxygens (including phenoxy) is 2. The van der Waals surface area contributed by atoms with Crippen molar-refractivity contribution in [1.82, 2.24) is 10.2 Å². The molecule has 0 aromatic heterocycles. The first kappa shape index (κ1) is 34.3. The number of unbranched alkanes of at least 4 members (excludes halogenated alkanes) is 1. The quantitative estimate of drug-likeness (QED) is 0.155. The van der Waals surface area contributed by atoms with Gasteiger partial charge in [-0.15, -0.1) is 13.2 Å². The molecule has 1 spiro atoms. The van der Waals surface area contributed by atoms with Crippen molar-refractivity contribution < 1.29 is 33.8 Å². The molecule has 3 aliphatic rings. The Balaban J connectivity index is 1.44. The van der Waals surface area contributed by atoms with Crippen molar-refractivity contribution in [2.45, 2.75) is 62.3 Å². The summed E-state index contributed by atoms with van der Waals surface area (Å²) in [5.74, 6) is -3.17. The highest BCUT2D eigenvalue weighted by Crippen LogP contribution is 2.58. The van der Waals surface area contributed by atoms with Gasteiger partial charge < -0.3 is 29.7 Å². The maximum absolute atomic E-state index is 14.6. The van der Waals surface area contributed by atoms with Crippen molar-refractivity contribution in [2.75, 3.05) is 31.2 Å². The lowest BCUT2D eigenvalue weighted by molar-refractivity contribution is -0.146. The average molecular weight is 664 g/mol. The Labute approximate surface area is 280 Å². The first-order valence-electron chi connectivity index (χ1n) is 16.1. The number of carbonyl (C=O) groups excluding carboxylic acids is 4. The Morgan fingerprint density at radius 3 is 2.55 bits per heavy atom. The van der Waals surface area contributed by atoms with Gasteiger partial charge in [-0.25, -0.2) is 0 Å². The summed E-state index contributed by atoms with van der Waals surface area (Å²) in [7, 11) is 0. The lowest BCUT2D eigenvalue weighted by Crippen LogP contribution is -2.56. The van der Waals surface area contributed by atoms with Crippen LogP contribution in [0.2, 0.25) is 5.02 Å². The van der Waals surface area contributed by atoms with Gasteiger partial charge in [-0.2, -0.15) is 0 Å². The van der Waals surface area contributed by atoms with Gasteiger partial charge in [-0.1, -0.05) is 54.1 Å². The number of amides is 3. The van der Waals surface area contributed by atoms with Gasteiger partial charge in [-0.3, -0.25) is 19.2 Å². The fourth-order valence-corrected chi connectivity index (χ4v) is 7.36. The molecule has 0 unspecified atom stereocenters. The van der Waals surface area contributed by atoms with E-state index in [1.54, 1.807) is 46.2 Å². The highest BCUT2D eigenvalue weighted by Gasteiger charge is 2.74. The van der Waals surface area contributed by atoms with Gasteiger partial charge in [-0.05, 0) is 61.9 Å². The van der Waals surface area contributed by atoms with Crippen LogP contribution in [0.5, 0.6) is 0 Å². The molecule has 0 radical (unpaired) electrons. The van der Waals surface area contributed by atoms with Crippen LogP contribution in [0.15, 0.2) is 79.9 Å². The highest BCUT2D eigenvalue weighted by molar-refractivity contribution is 6.30. The number of aliphatic hydroxyl groups is 1. The summed E-state index contributed by atoms with van der Waals surface area (Å²) in [5, 5.41) is 13.0. The van der Waals surface area contributed by atoms with Crippen LogP contribution in [0.25, 0.3) is 0 Å². The Morgan fingerprint density at radius 1 is 1.13 bits per heavy atom. The highest BCUT2D eigenvalue weighted by atomic mass is 35.5. The number of likely N-dealkylation sites (tertiary alicyclic amines) is 1. The van der Waals surface area contributed by atoms with Crippen molar-refractivity contribution >= 4 is 41.0 Å². The SMILES string of the molecule is C=CCCC(=O)OC[C@@H](NC(=O)[C@@H]1[C@@H]2CC[C@]3(O2)[C@H](C(=O)N(CC=C)c2ccc(Cl)cc2)N(CCCCO)C(=O)[C@@H]13)c1ccccc1. The maximum atomic E-state index is 14.6. The van der Waals surface area contributed by atoms with Gasteiger partial charge in [0, 0.05) is 36.8 Å². The summed E-state index contributed by atoms with van der Waals surface area (Å²) in [4.78, 5) is 58.5. The fraction of sp³-hybridized carbons (Fsp3) is 0.444. The molecule has 0 saturated carbocycles. The van der Waals surface area contributed by atoms with E-state index in [0.29, 0.717) is 42.8 Å². The topological polar surface area (TPSA) is 125 Å². The lowest BCUT2D eigenvalue weighted by atomic mass is 9.70. The van der Waals surface area contributed by atoms with Crippen LogP contribution in [0.3, 0.4) is 0 Å². The van der Waals surface area contributed by atoms with E-state index in [1.807, 2.05) is 30.3 Å². The van der Waals surface area contributed by atoms with E-state index in [9.17, 15) is 24.3 Å². The second-order valence-electron chi connectivity index (χ2n) is 12.2. The number of halogens is 1. The van der Waals surface area contributed by atoms with Crippen LogP contribution in [-0.4, -0.2) is 77.7 Å². The van der Waals surface area contributed by atoms with Gasteiger partial charge in [0.05, 0.1) is 24.0 Å². The Bertz CT molecular complexity index is 1470. The molecule has 3 heterocycles. The van der Waals surface area contributed by atoms with Gasteiger partial charge in [0.25, 0.3) is 5.91 Å². The number of anilines is 1. The number of aliphatic hydroxyl groups excluding tert-OH is 1. The zero-order valence-electron chi connectivity index (χ0n) is 26.4. The van der Waals surface area contributed by atoms with Crippen LogP contribution < -0.4 is 10.2 Å². The Kier molecular flexibility index (Phi) is 11.2. The molecule has 3 fully saturated rings. The van der Waals surface area contributed by atoms with Crippen LogP contribution in [-0.2, 0) is 28.7 Å². The van der Waals surface area contributed by atoms with Crippen molar-refractivity contribution in [3.05, 3.63) is 90.5 Å². The number of nitrogens with one attached hydrogen (secondary N) is 1. The third-order valence-corrected chi connectivity index (χ3v) is 9.59. The van der Waals surface area contributed by atoms with Gasteiger partial charge in [0.1, 0.15) is 18.2 Å². The summed E-state index contributed by atoms with van der Waals surface area (Å²) in [5.41, 5.74) is 0.137. The first-order chi connectivity index (χ1) is 22.7. The molecule has 2 N–H and O–H groups in total. The number of hydrogen-bond acceptors (Lipinski definition) is 7. The fourth-order valence-electron chi connectivity index (χ4n) is 7.23. The molecule has 6 atom stereocenters. The van der Waals surface area contributed by atoms with Crippen LogP contribution >= 0.6 is 11.6 Å². The smallest absolute Gasteiger partial charge is 0.306 e. The van der Waals surface area contributed by atoms with E-state index < -0.39 is 47.5 Å². The van der Waals surface area contributed by atoms with Crippen molar-refractivity contribution in [1.29, 1.82) is 0 Å². The van der Waals surface area contributed by atoms with Gasteiger partial charge >= 0.3 is 5.97 Å².